The second-order valence-corrected chi connectivity index (χ2v) is 8.55. The minimum absolute atomic E-state index is 0.00464. The highest BCUT2D eigenvalue weighted by atomic mass is 16.6. The third-order valence-electron chi connectivity index (χ3n) is 6.09. The number of carbonyl (C=O) groups excluding carboxylic acids is 4. The van der Waals surface area contributed by atoms with Crippen molar-refractivity contribution in [2.75, 3.05) is 6.61 Å². The number of ketones is 1. The molecule has 0 bridgehead atoms. The highest BCUT2D eigenvalue weighted by Crippen LogP contribution is 2.44. The van der Waals surface area contributed by atoms with Crippen LogP contribution in [0.4, 0.5) is 0 Å². The van der Waals surface area contributed by atoms with E-state index in [1.165, 1.54) is 6.92 Å². The van der Waals surface area contributed by atoms with E-state index < -0.39 is 29.2 Å². The molecule has 0 aromatic heterocycles. The second kappa shape index (κ2) is 12.6. The Labute approximate surface area is 205 Å². The molecule has 0 heterocycles. The Morgan fingerprint density at radius 3 is 1.86 bits per heavy atom. The van der Waals surface area contributed by atoms with E-state index in [0.29, 0.717) is 12.8 Å². The summed E-state index contributed by atoms with van der Waals surface area (Å²) in [5, 5.41) is 0. The Kier molecular flexibility index (Phi) is 9.35. The summed E-state index contributed by atoms with van der Waals surface area (Å²) in [7, 11) is 0. The lowest BCUT2D eigenvalue weighted by molar-refractivity contribution is -0.179. The zero-order chi connectivity index (χ0) is 25.1. The molecule has 35 heavy (non-hydrogen) atoms. The van der Waals surface area contributed by atoms with E-state index in [1.54, 1.807) is 12.2 Å². The third-order valence-corrected chi connectivity index (χ3v) is 6.09. The molecule has 0 radical (unpaired) electrons. The van der Waals surface area contributed by atoms with Crippen molar-refractivity contribution in [2.24, 2.45) is 11.3 Å². The smallest absolute Gasteiger partial charge is 0.324 e. The van der Waals surface area contributed by atoms with Gasteiger partial charge in [0.25, 0.3) is 0 Å². The molecule has 0 N–H and O–H groups in total. The number of hydrogen-bond acceptors (Lipinski definition) is 7. The average molecular weight is 479 g/mol. The maximum absolute atomic E-state index is 13.6. The van der Waals surface area contributed by atoms with Gasteiger partial charge in [-0.15, -0.1) is 0 Å². The highest BCUT2D eigenvalue weighted by Gasteiger charge is 2.55. The Balaban J connectivity index is 1.87. The lowest BCUT2D eigenvalue weighted by Crippen LogP contribution is -2.47. The Morgan fingerprint density at radius 2 is 1.40 bits per heavy atom. The SMILES string of the molecule is CC(=O)OC/C=C/CC(C(=O)OCc1ccccc1)(C(=O)OCc1ccccc1)[C@H]1CCC(=O)C1. The molecule has 0 unspecified atom stereocenters. The van der Waals surface area contributed by atoms with E-state index in [-0.39, 0.29) is 38.4 Å². The molecule has 1 atom stereocenters. The summed E-state index contributed by atoms with van der Waals surface area (Å²) in [5.74, 6) is -2.45. The zero-order valence-electron chi connectivity index (χ0n) is 19.8. The van der Waals surface area contributed by atoms with Crippen molar-refractivity contribution in [1.82, 2.24) is 0 Å². The number of ether oxygens (including phenoxy) is 3. The van der Waals surface area contributed by atoms with Gasteiger partial charge in [-0.25, -0.2) is 0 Å². The summed E-state index contributed by atoms with van der Waals surface area (Å²) in [5.41, 5.74) is -0.136. The number of rotatable bonds is 11. The van der Waals surface area contributed by atoms with E-state index in [4.69, 9.17) is 14.2 Å². The van der Waals surface area contributed by atoms with Gasteiger partial charge >= 0.3 is 17.9 Å². The van der Waals surface area contributed by atoms with Gasteiger partial charge in [-0.3, -0.25) is 19.2 Å². The number of Topliss-reactive ketones (excluding diaryl/α,β-unsaturated/α-hetero) is 1. The molecule has 7 nitrogen and oxygen atoms in total. The van der Waals surface area contributed by atoms with E-state index in [2.05, 4.69) is 0 Å². The molecule has 1 fully saturated rings. The molecular weight excluding hydrogens is 448 g/mol. The zero-order valence-corrected chi connectivity index (χ0v) is 19.8. The van der Waals surface area contributed by atoms with Crippen molar-refractivity contribution in [3.8, 4) is 0 Å². The van der Waals surface area contributed by atoms with Crippen LogP contribution < -0.4 is 0 Å². The van der Waals surface area contributed by atoms with E-state index in [1.807, 2.05) is 60.7 Å². The van der Waals surface area contributed by atoms with Crippen LogP contribution in [-0.2, 0) is 46.6 Å². The Bertz CT molecular complexity index is 988. The second-order valence-electron chi connectivity index (χ2n) is 8.55. The largest absolute Gasteiger partial charge is 0.462 e. The van der Waals surface area contributed by atoms with Crippen LogP contribution in [0.2, 0.25) is 0 Å². The van der Waals surface area contributed by atoms with Crippen LogP contribution in [0.3, 0.4) is 0 Å². The Morgan fingerprint density at radius 1 is 0.857 bits per heavy atom. The number of benzene rings is 2. The fourth-order valence-corrected chi connectivity index (χ4v) is 4.19. The first-order valence-electron chi connectivity index (χ1n) is 11.6. The maximum atomic E-state index is 13.6. The number of carbonyl (C=O) groups is 4. The van der Waals surface area contributed by atoms with Crippen LogP contribution in [-0.4, -0.2) is 30.3 Å². The molecule has 7 heteroatoms. The molecule has 1 aliphatic rings. The van der Waals surface area contributed by atoms with Gasteiger partial charge < -0.3 is 14.2 Å². The predicted molar refractivity (Wildman–Crippen MR) is 128 cm³/mol. The van der Waals surface area contributed by atoms with E-state index >= 15 is 0 Å². The molecular formula is C28H30O7. The van der Waals surface area contributed by atoms with Crippen molar-refractivity contribution in [2.45, 2.75) is 45.8 Å². The summed E-state index contributed by atoms with van der Waals surface area (Å²) in [4.78, 5) is 50.4. The van der Waals surface area contributed by atoms with Crippen molar-refractivity contribution in [3.63, 3.8) is 0 Å². The van der Waals surface area contributed by atoms with Crippen LogP contribution >= 0.6 is 0 Å². The Hall–Kier alpha value is -3.74. The molecule has 0 aliphatic heterocycles. The van der Waals surface area contributed by atoms with Crippen molar-refractivity contribution in [3.05, 3.63) is 83.9 Å². The van der Waals surface area contributed by atoms with Gasteiger partial charge in [0.2, 0.25) is 0 Å². The fraction of sp³-hybridized carbons (Fsp3) is 0.357. The first-order valence-corrected chi connectivity index (χ1v) is 11.6. The first kappa shape index (κ1) is 25.9. The third kappa shape index (κ3) is 7.12. The summed E-state index contributed by atoms with van der Waals surface area (Å²) < 4.78 is 16.2. The van der Waals surface area contributed by atoms with Crippen molar-refractivity contribution in [1.29, 1.82) is 0 Å². The lowest BCUT2D eigenvalue weighted by atomic mass is 9.71. The van der Waals surface area contributed by atoms with Gasteiger partial charge in [0.1, 0.15) is 25.6 Å². The molecule has 2 aromatic rings. The molecule has 2 aromatic carbocycles. The van der Waals surface area contributed by atoms with Gasteiger partial charge in [0.05, 0.1) is 0 Å². The quantitative estimate of drug-likeness (QED) is 0.205. The first-order chi connectivity index (χ1) is 16.9. The van der Waals surface area contributed by atoms with Gasteiger partial charge in [0.15, 0.2) is 5.41 Å². The molecule has 184 valence electrons. The monoisotopic (exact) mass is 478 g/mol. The summed E-state index contributed by atoms with van der Waals surface area (Å²) >= 11 is 0. The van der Waals surface area contributed by atoms with Gasteiger partial charge in [-0.2, -0.15) is 0 Å². The van der Waals surface area contributed by atoms with Crippen LogP contribution in [0.1, 0.15) is 43.7 Å². The van der Waals surface area contributed by atoms with Crippen LogP contribution in [0.25, 0.3) is 0 Å². The molecule has 0 saturated heterocycles. The summed E-state index contributed by atoms with van der Waals surface area (Å²) in [6.45, 7) is 1.29. The van der Waals surface area contributed by atoms with Gasteiger partial charge in [-0.1, -0.05) is 72.8 Å². The number of allylic oxidation sites excluding steroid dienone is 1. The topological polar surface area (TPSA) is 96.0 Å². The molecule has 0 spiro atoms. The molecule has 1 aliphatic carbocycles. The van der Waals surface area contributed by atoms with E-state index in [9.17, 15) is 19.2 Å². The predicted octanol–water partition coefficient (Wildman–Crippen LogP) is 4.34. The fourth-order valence-electron chi connectivity index (χ4n) is 4.19. The molecule has 3 rings (SSSR count). The van der Waals surface area contributed by atoms with Crippen molar-refractivity contribution >= 4 is 23.7 Å². The maximum Gasteiger partial charge on any atom is 0.324 e. The summed E-state index contributed by atoms with van der Waals surface area (Å²) in [6, 6.07) is 18.3. The minimum Gasteiger partial charge on any atom is -0.462 e. The average Bonchev–Trinajstić information content (AvgIpc) is 3.31. The summed E-state index contributed by atoms with van der Waals surface area (Å²) in [6.07, 6.45) is 3.92. The van der Waals surface area contributed by atoms with Gasteiger partial charge in [0, 0.05) is 19.8 Å². The lowest BCUT2D eigenvalue weighted by Gasteiger charge is -2.33. The number of hydrogen-bond donors (Lipinski definition) is 0. The van der Waals surface area contributed by atoms with Crippen LogP contribution in [0.5, 0.6) is 0 Å². The molecule has 0 amide bonds. The van der Waals surface area contributed by atoms with Gasteiger partial charge in [-0.05, 0) is 29.9 Å². The molecule has 1 saturated carbocycles. The minimum atomic E-state index is -1.69. The van der Waals surface area contributed by atoms with Crippen LogP contribution in [0, 0.1) is 11.3 Å². The standard InChI is InChI=1S/C28H30O7/c1-21(29)33-17-9-8-16-28(24-14-15-25(30)18-24,26(31)34-19-22-10-4-2-5-11-22)27(32)35-20-23-12-6-3-7-13-23/h2-13,24H,14-20H2,1H3/b9-8+/t24-/m0/s1. The van der Waals surface area contributed by atoms with Crippen LogP contribution in [0.15, 0.2) is 72.8 Å². The van der Waals surface area contributed by atoms with Crippen molar-refractivity contribution < 1.29 is 33.4 Å². The number of esters is 3. The van der Waals surface area contributed by atoms with E-state index in [0.717, 1.165) is 11.1 Å². The normalized spacial score (nSPS) is 15.7. The highest BCUT2D eigenvalue weighted by molar-refractivity contribution is 6.01.